The van der Waals surface area contributed by atoms with Gasteiger partial charge < -0.3 is 19.8 Å². The summed E-state index contributed by atoms with van der Waals surface area (Å²) < 4.78 is 0.180. The summed E-state index contributed by atoms with van der Waals surface area (Å²) >= 11 is 0. The van der Waals surface area contributed by atoms with Crippen molar-refractivity contribution in [3.8, 4) is 0 Å². The summed E-state index contributed by atoms with van der Waals surface area (Å²) in [6.07, 6.45) is 20.3. The molecule has 0 amide bonds. The van der Waals surface area contributed by atoms with E-state index in [2.05, 4.69) is 13.0 Å². The SMILES string of the molecule is CCCCCCCCCCCCCC/C=C/C[N+](CCC(=O)O)(CCC(=O)O)CCC(=O)O. The summed E-state index contributed by atoms with van der Waals surface area (Å²) in [4.78, 5) is 33.2. The Kier molecular flexibility index (Phi) is 19.5. The van der Waals surface area contributed by atoms with E-state index in [4.69, 9.17) is 15.3 Å². The lowest BCUT2D eigenvalue weighted by atomic mass is 10.0. The smallest absolute Gasteiger partial charge is 0.309 e. The van der Waals surface area contributed by atoms with Crippen LogP contribution in [0.3, 0.4) is 0 Å². The third-order valence-electron chi connectivity index (χ3n) is 6.28. The Balaban J connectivity index is 4.23. The molecule has 0 aliphatic heterocycles. The fourth-order valence-electron chi connectivity index (χ4n) is 4.13. The van der Waals surface area contributed by atoms with Crippen LogP contribution in [0.25, 0.3) is 0 Å². The van der Waals surface area contributed by atoms with Gasteiger partial charge in [-0.1, -0.05) is 83.6 Å². The van der Waals surface area contributed by atoms with Gasteiger partial charge in [0, 0.05) is 0 Å². The second-order valence-corrected chi connectivity index (χ2v) is 9.28. The van der Waals surface area contributed by atoms with E-state index in [-0.39, 0.29) is 43.4 Å². The second-order valence-electron chi connectivity index (χ2n) is 9.28. The number of allylic oxidation sites excluding steroid dienone is 1. The minimum atomic E-state index is -0.955. The Morgan fingerprint density at radius 3 is 1.30 bits per heavy atom. The predicted molar refractivity (Wildman–Crippen MR) is 131 cm³/mol. The highest BCUT2D eigenvalue weighted by Gasteiger charge is 2.28. The Bertz CT molecular complexity index is 515. The molecule has 7 heteroatoms. The molecule has 7 nitrogen and oxygen atoms in total. The number of quaternary nitrogens is 1. The molecule has 0 radical (unpaired) electrons. The maximum Gasteiger partial charge on any atom is 0.309 e. The molecule has 0 saturated heterocycles. The average molecular weight is 471 g/mol. The molecule has 0 aromatic heterocycles. The second kappa shape index (κ2) is 20.7. The van der Waals surface area contributed by atoms with Crippen LogP contribution in [0.5, 0.6) is 0 Å². The lowest BCUT2D eigenvalue weighted by Gasteiger charge is -2.37. The van der Waals surface area contributed by atoms with Crippen LogP contribution < -0.4 is 0 Å². The normalized spacial score (nSPS) is 11.8. The first kappa shape index (κ1) is 31.1. The molecule has 0 aliphatic carbocycles. The van der Waals surface area contributed by atoms with Crippen LogP contribution in [0.1, 0.15) is 110 Å². The van der Waals surface area contributed by atoms with E-state index in [9.17, 15) is 14.4 Å². The van der Waals surface area contributed by atoms with Gasteiger partial charge in [0.15, 0.2) is 0 Å². The average Bonchev–Trinajstić information content (AvgIpc) is 2.76. The summed E-state index contributed by atoms with van der Waals surface area (Å²) in [6, 6.07) is 0. The zero-order chi connectivity index (χ0) is 24.8. The van der Waals surface area contributed by atoms with E-state index in [1.165, 1.54) is 70.6 Å². The number of rotatable bonds is 24. The van der Waals surface area contributed by atoms with Gasteiger partial charge >= 0.3 is 17.9 Å². The fourth-order valence-corrected chi connectivity index (χ4v) is 4.13. The number of carboxylic acids is 3. The molecule has 0 aliphatic rings. The molecule has 3 N–H and O–H groups in total. The van der Waals surface area contributed by atoms with Crippen LogP contribution in [0.2, 0.25) is 0 Å². The van der Waals surface area contributed by atoms with Crippen molar-refractivity contribution in [1.29, 1.82) is 0 Å². The lowest BCUT2D eigenvalue weighted by molar-refractivity contribution is -0.921. The number of aliphatic carboxylic acids is 3. The summed E-state index contributed by atoms with van der Waals surface area (Å²) in [5, 5.41) is 27.2. The Labute approximate surface area is 200 Å². The topological polar surface area (TPSA) is 112 Å². The van der Waals surface area contributed by atoms with Gasteiger partial charge in [-0.15, -0.1) is 0 Å². The third kappa shape index (κ3) is 20.4. The quantitative estimate of drug-likeness (QED) is 0.0923. The van der Waals surface area contributed by atoms with Crippen molar-refractivity contribution in [2.75, 3.05) is 26.2 Å². The van der Waals surface area contributed by atoms with E-state index in [1.807, 2.05) is 6.08 Å². The molecular weight excluding hydrogens is 422 g/mol. The molecule has 0 unspecified atom stereocenters. The molecule has 0 fully saturated rings. The van der Waals surface area contributed by atoms with Crippen LogP contribution in [-0.4, -0.2) is 63.9 Å². The van der Waals surface area contributed by atoms with Crippen molar-refractivity contribution in [1.82, 2.24) is 0 Å². The molecule has 0 saturated carbocycles. The van der Waals surface area contributed by atoms with Crippen molar-refractivity contribution < 1.29 is 34.2 Å². The Morgan fingerprint density at radius 2 is 0.939 bits per heavy atom. The van der Waals surface area contributed by atoms with Crippen LogP contribution in [0.4, 0.5) is 0 Å². The number of unbranched alkanes of at least 4 members (excludes halogenated alkanes) is 12. The molecule has 192 valence electrons. The molecule has 0 aromatic carbocycles. The molecule has 0 aromatic rings. The van der Waals surface area contributed by atoms with Gasteiger partial charge in [0.2, 0.25) is 0 Å². The van der Waals surface area contributed by atoms with Gasteiger partial charge in [0.1, 0.15) is 0 Å². The first-order valence-corrected chi connectivity index (χ1v) is 13.0. The van der Waals surface area contributed by atoms with Crippen molar-refractivity contribution in [3.05, 3.63) is 12.2 Å². The zero-order valence-electron chi connectivity index (χ0n) is 20.8. The van der Waals surface area contributed by atoms with Gasteiger partial charge in [-0.2, -0.15) is 0 Å². The number of hydrogen-bond donors (Lipinski definition) is 3. The van der Waals surface area contributed by atoms with Gasteiger partial charge in [-0.25, -0.2) is 0 Å². The van der Waals surface area contributed by atoms with Crippen molar-refractivity contribution in [3.63, 3.8) is 0 Å². The lowest BCUT2D eigenvalue weighted by Crippen LogP contribution is -2.51. The van der Waals surface area contributed by atoms with Crippen LogP contribution in [-0.2, 0) is 14.4 Å². The van der Waals surface area contributed by atoms with Crippen molar-refractivity contribution in [2.45, 2.75) is 110 Å². The summed E-state index contributed by atoms with van der Waals surface area (Å²) in [6.45, 7) is 3.41. The fraction of sp³-hybridized carbons (Fsp3) is 0.808. The number of nitrogens with zero attached hydrogens (tertiary/aromatic N) is 1. The highest BCUT2D eigenvalue weighted by molar-refractivity contribution is 5.67. The molecule has 0 heterocycles. The molecule has 0 atom stereocenters. The maximum absolute atomic E-state index is 11.1. The molecule has 0 bridgehead atoms. The van der Waals surface area contributed by atoms with Crippen LogP contribution >= 0.6 is 0 Å². The number of hydrogen-bond acceptors (Lipinski definition) is 3. The van der Waals surface area contributed by atoms with E-state index in [0.29, 0.717) is 6.54 Å². The summed E-state index contributed by atoms with van der Waals surface area (Å²) in [7, 11) is 0. The van der Waals surface area contributed by atoms with E-state index >= 15 is 0 Å². The van der Waals surface area contributed by atoms with Gasteiger partial charge in [0.05, 0.1) is 45.4 Å². The van der Waals surface area contributed by atoms with Gasteiger partial charge in [-0.05, 0) is 18.9 Å². The first-order valence-electron chi connectivity index (χ1n) is 13.0. The minimum absolute atomic E-state index is 0.105. The van der Waals surface area contributed by atoms with Crippen molar-refractivity contribution in [2.24, 2.45) is 0 Å². The highest BCUT2D eigenvalue weighted by atomic mass is 16.4. The predicted octanol–water partition coefficient (Wildman–Crippen LogP) is 5.87. The summed E-state index contributed by atoms with van der Waals surface area (Å²) in [5.41, 5.74) is 0. The summed E-state index contributed by atoms with van der Waals surface area (Å²) in [5.74, 6) is -2.86. The highest BCUT2D eigenvalue weighted by Crippen LogP contribution is 2.15. The molecular formula is C26H48NO6+. The number of carboxylic acid groups (broad SMARTS) is 3. The first-order chi connectivity index (χ1) is 15.8. The standard InChI is InChI=1S/C26H47NO6/c1-2-3-4-5-6-7-8-9-10-11-12-13-14-15-16-20-27(21-17-24(28)29,22-18-25(30)31)23-19-26(32)33/h15-16H,2-14,17-23H2,1H3,(H2-,28,29,30,31,32,33)/p+1/b16-15+. The zero-order valence-corrected chi connectivity index (χ0v) is 20.8. The van der Waals surface area contributed by atoms with Gasteiger partial charge in [-0.3, -0.25) is 14.4 Å². The third-order valence-corrected chi connectivity index (χ3v) is 6.28. The molecule has 0 rings (SSSR count). The largest absolute Gasteiger partial charge is 0.481 e. The van der Waals surface area contributed by atoms with Crippen LogP contribution in [0.15, 0.2) is 12.2 Å². The maximum atomic E-state index is 11.1. The van der Waals surface area contributed by atoms with E-state index in [1.54, 1.807) is 0 Å². The van der Waals surface area contributed by atoms with Gasteiger partial charge in [0.25, 0.3) is 0 Å². The van der Waals surface area contributed by atoms with Crippen LogP contribution in [0, 0.1) is 0 Å². The monoisotopic (exact) mass is 470 g/mol. The van der Waals surface area contributed by atoms with E-state index in [0.717, 1.165) is 12.8 Å². The molecule has 33 heavy (non-hydrogen) atoms. The minimum Gasteiger partial charge on any atom is -0.481 e. The number of carbonyl (C=O) groups is 3. The van der Waals surface area contributed by atoms with Crippen molar-refractivity contribution >= 4 is 17.9 Å². The Morgan fingerprint density at radius 1 is 0.576 bits per heavy atom. The molecule has 0 spiro atoms. The Hall–Kier alpha value is -1.89. The van der Waals surface area contributed by atoms with E-state index < -0.39 is 17.9 Å².